The minimum Gasteiger partial charge on any atom is -0.370 e. The van der Waals surface area contributed by atoms with Gasteiger partial charge < -0.3 is 15.1 Å². The van der Waals surface area contributed by atoms with Crippen molar-refractivity contribution in [2.45, 2.75) is 26.8 Å². The molecule has 1 aromatic rings. The van der Waals surface area contributed by atoms with Gasteiger partial charge in [-0.3, -0.25) is 4.99 Å². The lowest BCUT2D eigenvalue weighted by atomic mass is 9.93. The fourth-order valence-electron chi connectivity index (χ4n) is 3.45. The summed E-state index contributed by atoms with van der Waals surface area (Å²) in [4.78, 5) is 9.32. The zero-order valence-corrected chi connectivity index (χ0v) is 18.8. The number of aliphatic imine (C=N–C) groups is 1. The number of rotatable bonds is 3. The van der Waals surface area contributed by atoms with Crippen molar-refractivity contribution in [3.8, 4) is 0 Å². The van der Waals surface area contributed by atoms with E-state index in [1.165, 1.54) is 42.3 Å². The van der Waals surface area contributed by atoms with E-state index in [1.807, 2.05) is 7.05 Å². The highest BCUT2D eigenvalue weighted by atomic mass is 127. The molecule has 2 saturated heterocycles. The van der Waals surface area contributed by atoms with Gasteiger partial charge in [-0.15, -0.1) is 24.0 Å². The third-order valence-electron chi connectivity index (χ3n) is 4.95. The summed E-state index contributed by atoms with van der Waals surface area (Å²) in [5.41, 5.74) is 3.06. The minimum atomic E-state index is 0. The second-order valence-corrected chi connectivity index (χ2v) is 8.73. The van der Waals surface area contributed by atoms with Crippen LogP contribution in [0.25, 0.3) is 0 Å². The second-order valence-electron chi connectivity index (χ2n) is 7.50. The third kappa shape index (κ3) is 5.67. The lowest BCUT2D eigenvalue weighted by Gasteiger charge is -2.28. The van der Waals surface area contributed by atoms with Crippen LogP contribution < -0.4 is 10.2 Å². The zero-order valence-electron chi connectivity index (χ0n) is 15.6. The lowest BCUT2D eigenvalue weighted by molar-refractivity contribution is 0.370. The Morgan fingerprint density at radius 2 is 1.84 bits per heavy atom. The predicted molar refractivity (Wildman–Crippen MR) is 122 cm³/mol. The summed E-state index contributed by atoms with van der Waals surface area (Å²) in [5, 5.41) is 3.52. The molecule has 0 aromatic heterocycles. The molecule has 1 aromatic carbocycles. The summed E-state index contributed by atoms with van der Waals surface area (Å²) in [6.45, 7) is 10.0. The van der Waals surface area contributed by atoms with E-state index in [0.29, 0.717) is 5.41 Å². The summed E-state index contributed by atoms with van der Waals surface area (Å²) in [7, 11) is 1.88. The van der Waals surface area contributed by atoms with Crippen LogP contribution >= 0.6 is 35.7 Å². The van der Waals surface area contributed by atoms with Crippen molar-refractivity contribution in [1.82, 2.24) is 10.2 Å². The number of nitrogens with zero attached hydrogens (tertiary/aromatic N) is 3. The van der Waals surface area contributed by atoms with E-state index >= 15 is 0 Å². The predicted octanol–water partition coefficient (Wildman–Crippen LogP) is 3.67. The maximum atomic E-state index is 4.46. The van der Waals surface area contributed by atoms with Crippen LogP contribution in [0.2, 0.25) is 0 Å². The van der Waals surface area contributed by atoms with E-state index in [1.54, 1.807) is 0 Å². The monoisotopic (exact) mass is 474 g/mol. The van der Waals surface area contributed by atoms with E-state index in [-0.39, 0.29) is 24.0 Å². The molecule has 0 saturated carbocycles. The first-order chi connectivity index (χ1) is 11.6. The van der Waals surface area contributed by atoms with Gasteiger partial charge in [-0.2, -0.15) is 11.8 Å². The number of thioether (sulfide) groups is 1. The van der Waals surface area contributed by atoms with Gasteiger partial charge in [0.2, 0.25) is 0 Å². The van der Waals surface area contributed by atoms with E-state index in [2.05, 4.69) is 70.0 Å². The van der Waals surface area contributed by atoms with Crippen LogP contribution in [-0.2, 0) is 6.54 Å². The highest BCUT2D eigenvalue weighted by molar-refractivity contribution is 14.0. The quantitative estimate of drug-likeness (QED) is 0.412. The van der Waals surface area contributed by atoms with Crippen LogP contribution in [0.3, 0.4) is 0 Å². The number of likely N-dealkylation sites (tertiary alicyclic amines) is 1. The molecule has 4 nitrogen and oxygen atoms in total. The molecule has 140 valence electrons. The van der Waals surface area contributed by atoms with E-state index in [0.717, 1.165) is 25.6 Å². The van der Waals surface area contributed by atoms with Gasteiger partial charge in [-0.25, -0.2) is 0 Å². The fraction of sp³-hybridized carbons (Fsp3) is 0.632. The first-order valence-corrected chi connectivity index (χ1v) is 10.1. The van der Waals surface area contributed by atoms with Gasteiger partial charge >= 0.3 is 0 Å². The van der Waals surface area contributed by atoms with Crippen molar-refractivity contribution >= 4 is 47.4 Å². The van der Waals surface area contributed by atoms with E-state index in [4.69, 9.17) is 0 Å². The van der Waals surface area contributed by atoms with Crippen LogP contribution in [0.1, 0.15) is 25.8 Å². The summed E-state index contributed by atoms with van der Waals surface area (Å²) in [6.07, 6.45) is 1.23. The number of nitrogens with one attached hydrogen (secondary N) is 1. The summed E-state index contributed by atoms with van der Waals surface area (Å²) in [5.74, 6) is 3.51. The number of guanidine groups is 1. The number of hydrogen-bond acceptors (Lipinski definition) is 3. The second kappa shape index (κ2) is 9.35. The maximum absolute atomic E-state index is 4.46. The number of halogens is 1. The van der Waals surface area contributed by atoms with Crippen LogP contribution in [0, 0.1) is 5.41 Å². The van der Waals surface area contributed by atoms with Crippen LogP contribution in [-0.4, -0.2) is 55.6 Å². The molecule has 2 heterocycles. The highest BCUT2D eigenvalue weighted by Gasteiger charge is 2.30. The zero-order chi connectivity index (χ0) is 17.0. The van der Waals surface area contributed by atoms with Gasteiger partial charge in [-0.1, -0.05) is 26.0 Å². The van der Waals surface area contributed by atoms with Gasteiger partial charge in [0.1, 0.15) is 0 Å². The SMILES string of the molecule is CN=C(NCc1ccc(N2CCSCC2)cc1)N1CCC(C)(C)C1.I. The molecule has 1 N–H and O–H groups in total. The number of benzene rings is 1. The van der Waals surface area contributed by atoms with E-state index < -0.39 is 0 Å². The van der Waals surface area contributed by atoms with Crippen LogP contribution in [0.15, 0.2) is 29.3 Å². The summed E-state index contributed by atoms with van der Waals surface area (Å²) >= 11 is 2.05. The molecule has 6 heteroatoms. The normalized spacial score (nSPS) is 20.4. The van der Waals surface area contributed by atoms with Gasteiger partial charge in [0.25, 0.3) is 0 Å². The van der Waals surface area contributed by atoms with Crippen molar-refractivity contribution in [3.63, 3.8) is 0 Å². The Morgan fingerprint density at radius 1 is 1.16 bits per heavy atom. The Hall–Kier alpha value is -0.630. The first kappa shape index (κ1) is 20.7. The molecule has 2 fully saturated rings. The number of anilines is 1. The fourth-order valence-corrected chi connectivity index (χ4v) is 4.36. The molecular weight excluding hydrogens is 443 g/mol. The molecular formula is C19H31IN4S. The molecule has 0 bridgehead atoms. The molecule has 0 amide bonds. The minimum absolute atomic E-state index is 0. The highest BCUT2D eigenvalue weighted by Crippen LogP contribution is 2.28. The molecule has 0 spiro atoms. The summed E-state index contributed by atoms with van der Waals surface area (Å²) < 4.78 is 0. The van der Waals surface area contributed by atoms with Crippen molar-refractivity contribution < 1.29 is 0 Å². The Balaban J connectivity index is 0.00000225. The van der Waals surface area contributed by atoms with Crippen molar-refractivity contribution in [1.29, 1.82) is 0 Å². The molecule has 0 atom stereocenters. The molecule has 25 heavy (non-hydrogen) atoms. The smallest absolute Gasteiger partial charge is 0.193 e. The maximum Gasteiger partial charge on any atom is 0.193 e. The standard InChI is InChI=1S/C19H30N4S.HI/c1-19(2)8-9-23(15-19)18(20-3)21-14-16-4-6-17(7-5-16)22-10-12-24-13-11-22;/h4-7H,8-15H2,1-3H3,(H,20,21);1H. The third-order valence-corrected chi connectivity index (χ3v) is 5.89. The molecule has 0 aliphatic carbocycles. The van der Waals surface area contributed by atoms with Crippen LogP contribution in [0.4, 0.5) is 5.69 Å². The topological polar surface area (TPSA) is 30.9 Å². The largest absolute Gasteiger partial charge is 0.370 e. The Kier molecular flexibility index (Phi) is 7.73. The van der Waals surface area contributed by atoms with E-state index in [9.17, 15) is 0 Å². The van der Waals surface area contributed by atoms with Crippen molar-refractivity contribution in [2.75, 3.05) is 49.6 Å². The summed E-state index contributed by atoms with van der Waals surface area (Å²) in [6, 6.07) is 9.00. The number of hydrogen-bond donors (Lipinski definition) is 1. The van der Waals surface area contributed by atoms with Gasteiger partial charge in [0.05, 0.1) is 0 Å². The van der Waals surface area contributed by atoms with Crippen molar-refractivity contribution in [3.05, 3.63) is 29.8 Å². The Labute approximate surface area is 173 Å². The average Bonchev–Trinajstić information content (AvgIpc) is 2.97. The van der Waals surface area contributed by atoms with Crippen LogP contribution in [0.5, 0.6) is 0 Å². The molecule has 3 rings (SSSR count). The Morgan fingerprint density at radius 3 is 2.40 bits per heavy atom. The molecule has 0 unspecified atom stereocenters. The molecule has 0 radical (unpaired) electrons. The average molecular weight is 474 g/mol. The lowest BCUT2D eigenvalue weighted by Crippen LogP contribution is -2.40. The van der Waals surface area contributed by atoms with Gasteiger partial charge in [0.15, 0.2) is 5.96 Å². The first-order valence-electron chi connectivity index (χ1n) is 8.95. The Bertz CT molecular complexity index is 567. The van der Waals surface area contributed by atoms with Gasteiger partial charge in [0, 0.05) is 57.0 Å². The molecule has 2 aliphatic rings. The van der Waals surface area contributed by atoms with Gasteiger partial charge in [-0.05, 0) is 29.5 Å². The molecule has 2 aliphatic heterocycles. The van der Waals surface area contributed by atoms with Crippen molar-refractivity contribution in [2.24, 2.45) is 10.4 Å².